The number of carbonyl (C=O) groups is 2. The summed E-state index contributed by atoms with van der Waals surface area (Å²) in [7, 11) is 2.93. The Labute approximate surface area is 187 Å². The molecule has 3 aromatic rings. The monoisotopic (exact) mass is 436 g/mol. The molecule has 2 atom stereocenters. The Morgan fingerprint density at radius 2 is 1.84 bits per heavy atom. The van der Waals surface area contributed by atoms with E-state index in [2.05, 4.69) is 4.98 Å². The number of hydrogen-bond acceptors (Lipinski definition) is 5. The van der Waals surface area contributed by atoms with Gasteiger partial charge in [0.05, 0.1) is 26.4 Å². The predicted octanol–water partition coefficient (Wildman–Crippen LogP) is 4.00. The first-order valence-corrected chi connectivity index (χ1v) is 10.7. The molecule has 0 radical (unpaired) electrons. The standard InChI is InChI=1S/C25H28N2O5/c1-14(2)32-21-11-10-16(12-22(21)30-4)24-23-18(17-8-6-7-9-19(17)26-23)13-20(25(29)31-5)27(24)15(3)28/h6-12,14,20,24,26H,13H2,1-5H3/t20-,24-/m0/s1. The highest BCUT2D eigenvalue weighted by atomic mass is 16.5. The van der Waals surface area contributed by atoms with Gasteiger partial charge in [0, 0.05) is 29.9 Å². The van der Waals surface area contributed by atoms with Crippen LogP contribution in [0.25, 0.3) is 10.9 Å². The van der Waals surface area contributed by atoms with Gasteiger partial charge in [-0.1, -0.05) is 24.3 Å². The topological polar surface area (TPSA) is 80.9 Å². The van der Waals surface area contributed by atoms with Gasteiger partial charge in [-0.15, -0.1) is 0 Å². The van der Waals surface area contributed by atoms with Crippen molar-refractivity contribution in [1.82, 2.24) is 9.88 Å². The summed E-state index contributed by atoms with van der Waals surface area (Å²) < 4.78 is 16.5. The van der Waals surface area contributed by atoms with Crippen LogP contribution >= 0.6 is 0 Å². The average Bonchev–Trinajstić information content (AvgIpc) is 3.15. The highest BCUT2D eigenvalue weighted by molar-refractivity contribution is 5.90. The summed E-state index contributed by atoms with van der Waals surface area (Å²) in [6.45, 7) is 5.37. The molecule has 2 aromatic carbocycles. The molecule has 0 fully saturated rings. The van der Waals surface area contributed by atoms with E-state index in [4.69, 9.17) is 14.2 Å². The Kier molecular flexibility index (Phi) is 5.82. The quantitative estimate of drug-likeness (QED) is 0.612. The van der Waals surface area contributed by atoms with Crippen molar-refractivity contribution in [2.24, 2.45) is 0 Å². The maximum atomic E-state index is 12.9. The van der Waals surface area contributed by atoms with Crippen molar-refractivity contribution in [2.45, 2.75) is 45.4 Å². The van der Waals surface area contributed by atoms with Crippen LogP contribution in [0.4, 0.5) is 0 Å². The van der Waals surface area contributed by atoms with Crippen LogP contribution in [0.1, 0.15) is 43.6 Å². The smallest absolute Gasteiger partial charge is 0.328 e. The number of methoxy groups -OCH3 is 2. The first kappa shape index (κ1) is 21.7. The van der Waals surface area contributed by atoms with Crippen molar-refractivity contribution in [1.29, 1.82) is 0 Å². The predicted molar refractivity (Wildman–Crippen MR) is 121 cm³/mol. The van der Waals surface area contributed by atoms with E-state index in [9.17, 15) is 9.59 Å². The summed E-state index contributed by atoms with van der Waals surface area (Å²) in [4.78, 5) is 30.7. The van der Waals surface area contributed by atoms with E-state index in [1.165, 1.54) is 14.0 Å². The molecule has 0 saturated heterocycles. The molecule has 0 aliphatic carbocycles. The van der Waals surface area contributed by atoms with Crippen LogP contribution in [0, 0.1) is 0 Å². The van der Waals surface area contributed by atoms with E-state index >= 15 is 0 Å². The maximum absolute atomic E-state index is 12.9. The third kappa shape index (κ3) is 3.68. The molecule has 2 heterocycles. The van der Waals surface area contributed by atoms with Gasteiger partial charge in [0.1, 0.15) is 6.04 Å². The third-order valence-electron chi connectivity index (χ3n) is 5.83. The van der Waals surface area contributed by atoms with E-state index in [0.29, 0.717) is 17.9 Å². The summed E-state index contributed by atoms with van der Waals surface area (Å²) >= 11 is 0. The van der Waals surface area contributed by atoms with Crippen LogP contribution in [0.5, 0.6) is 11.5 Å². The SMILES string of the molecule is COC(=O)[C@@H]1Cc2c([nH]c3ccccc23)[C@H](c2ccc(OC(C)C)c(OC)c2)N1C(C)=O. The molecule has 7 nitrogen and oxygen atoms in total. The number of nitrogens with one attached hydrogen (secondary N) is 1. The lowest BCUT2D eigenvalue weighted by atomic mass is 9.87. The van der Waals surface area contributed by atoms with Gasteiger partial charge >= 0.3 is 5.97 Å². The number of H-pyrrole nitrogens is 1. The highest BCUT2D eigenvalue weighted by Crippen LogP contribution is 2.43. The van der Waals surface area contributed by atoms with E-state index < -0.39 is 18.1 Å². The molecule has 0 saturated carbocycles. The minimum absolute atomic E-state index is 0.0119. The van der Waals surface area contributed by atoms with Crippen molar-refractivity contribution >= 4 is 22.8 Å². The van der Waals surface area contributed by atoms with Gasteiger partial charge in [-0.25, -0.2) is 4.79 Å². The summed E-state index contributed by atoms with van der Waals surface area (Å²) in [6, 6.07) is 12.3. The zero-order valence-corrected chi connectivity index (χ0v) is 19.0. The molecule has 1 N–H and O–H groups in total. The molecular weight excluding hydrogens is 408 g/mol. The number of ether oxygens (including phenoxy) is 3. The fraction of sp³-hybridized carbons (Fsp3) is 0.360. The summed E-state index contributed by atoms with van der Waals surface area (Å²) in [6.07, 6.45) is 0.371. The zero-order chi connectivity index (χ0) is 23.0. The van der Waals surface area contributed by atoms with Crippen molar-refractivity contribution in [3.63, 3.8) is 0 Å². The van der Waals surface area contributed by atoms with E-state index in [1.54, 1.807) is 12.0 Å². The molecule has 0 spiro atoms. The second-order valence-electron chi connectivity index (χ2n) is 8.21. The molecule has 1 amide bonds. The Morgan fingerprint density at radius 3 is 2.50 bits per heavy atom. The Hall–Kier alpha value is -3.48. The zero-order valence-electron chi connectivity index (χ0n) is 19.0. The molecule has 0 bridgehead atoms. The van der Waals surface area contributed by atoms with E-state index in [0.717, 1.165) is 27.7 Å². The second kappa shape index (κ2) is 8.57. The van der Waals surface area contributed by atoms with Crippen LogP contribution in [0.2, 0.25) is 0 Å². The number of fused-ring (bicyclic) bond motifs is 3. The van der Waals surface area contributed by atoms with Crippen molar-refractivity contribution in [3.05, 3.63) is 59.3 Å². The maximum Gasteiger partial charge on any atom is 0.328 e. The average molecular weight is 437 g/mol. The Balaban J connectivity index is 1.93. The number of para-hydroxylation sites is 1. The molecule has 168 valence electrons. The van der Waals surface area contributed by atoms with Gasteiger partial charge in [-0.05, 0) is 43.2 Å². The second-order valence-corrected chi connectivity index (χ2v) is 8.21. The lowest BCUT2D eigenvalue weighted by molar-refractivity contribution is -0.154. The summed E-state index contributed by atoms with van der Waals surface area (Å²) in [5.74, 6) is 0.541. The number of aromatic amines is 1. The number of amides is 1. The van der Waals surface area contributed by atoms with Crippen LogP contribution in [0.3, 0.4) is 0 Å². The van der Waals surface area contributed by atoms with Gasteiger partial charge in [0.25, 0.3) is 0 Å². The summed E-state index contributed by atoms with van der Waals surface area (Å²) in [5, 5.41) is 1.04. The van der Waals surface area contributed by atoms with Gasteiger partial charge in [-0.2, -0.15) is 0 Å². The fourth-order valence-corrected chi connectivity index (χ4v) is 4.55. The number of aromatic nitrogens is 1. The van der Waals surface area contributed by atoms with Crippen LogP contribution < -0.4 is 9.47 Å². The van der Waals surface area contributed by atoms with E-state index in [-0.39, 0.29) is 12.0 Å². The van der Waals surface area contributed by atoms with Crippen molar-refractivity contribution < 1.29 is 23.8 Å². The van der Waals surface area contributed by atoms with Gasteiger partial charge in [0.2, 0.25) is 5.91 Å². The number of hydrogen-bond donors (Lipinski definition) is 1. The molecular formula is C25H28N2O5. The first-order chi connectivity index (χ1) is 15.3. The molecule has 1 aliphatic heterocycles. The Morgan fingerprint density at radius 1 is 1.09 bits per heavy atom. The molecule has 1 aromatic heterocycles. The van der Waals surface area contributed by atoms with Gasteiger partial charge in [-0.3, -0.25) is 4.79 Å². The number of rotatable bonds is 5. The largest absolute Gasteiger partial charge is 0.493 e. The molecule has 32 heavy (non-hydrogen) atoms. The number of esters is 1. The van der Waals surface area contributed by atoms with Crippen LogP contribution in [-0.2, 0) is 20.7 Å². The molecule has 7 heteroatoms. The lowest BCUT2D eigenvalue weighted by Crippen LogP contribution is -2.51. The fourth-order valence-electron chi connectivity index (χ4n) is 4.55. The lowest BCUT2D eigenvalue weighted by Gasteiger charge is -2.40. The normalized spacial score (nSPS) is 17.9. The molecule has 4 rings (SSSR count). The van der Waals surface area contributed by atoms with Crippen LogP contribution in [0.15, 0.2) is 42.5 Å². The van der Waals surface area contributed by atoms with Crippen LogP contribution in [-0.4, -0.2) is 48.1 Å². The first-order valence-electron chi connectivity index (χ1n) is 10.7. The minimum Gasteiger partial charge on any atom is -0.493 e. The summed E-state index contributed by atoms with van der Waals surface area (Å²) in [5.41, 5.74) is 3.68. The van der Waals surface area contributed by atoms with Gasteiger partial charge in [0.15, 0.2) is 11.5 Å². The molecule has 1 aliphatic rings. The van der Waals surface area contributed by atoms with E-state index in [1.807, 2.05) is 56.3 Å². The minimum atomic E-state index is -0.730. The number of carbonyl (C=O) groups excluding carboxylic acids is 2. The van der Waals surface area contributed by atoms with Crippen molar-refractivity contribution in [2.75, 3.05) is 14.2 Å². The van der Waals surface area contributed by atoms with Crippen molar-refractivity contribution in [3.8, 4) is 11.5 Å². The number of nitrogens with zero attached hydrogens (tertiary/aromatic N) is 1. The highest BCUT2D eigenvalue weighted by Gasteiger charge is 2.43. The number of benzene rings is 2. The molecule has 0 unspecified atom stereocenters. The van der Waals surface area contributed by atoms with Gasteiger partial charge < -0.3 is 24.1 Å². The Bertz CT molecular complexity index is 1170. The third-order valence-corrected chi connectivity index (χ3v) is 5.83.